The highest BCUT2D eigenvalue weighted by molar-refractivity contribution is 9.10. The molecule has 0 aliphatic heterocycles. The number of hydrogen-bond donors (Lipinski definition) is 1. The largest absolute Gasteiger partial charge is 0.496 e. The smallest absolute Gasteiger partial charge is 0.355 e. The fourth-order valence-corrected chi connectivity index (χ4v) is 2.58. The van der Waals surface area contributed by atoms with Gasteiger partial charge in [0.05, 0.1) is 7.11 Å². The Morgan fingerprint density at radius 3 is 2.63 bits per heavy atom. The molecule has 0 saturated carbocycles. The Hall–Kier alpha value is -1.82. The standard InChI is InChI=1S/C13H13BrN2O3/c1-7-6-8(4-5-9(7)19-3)12-15-11(14)10(13(17)18)16(12)2/h4-6H,1-3H3,(H,17,18). The summed E-state index contributed by atoms with van der Waals surface area (Å²) < 4.78 is 7.08. The number of rotatable bonds is 3. The number of benzene rings is 1. The Morgan fingerprint density at radius 1 is 1.47 bits per heavy atom. The van der Waals surface area contributed by atoms with E-state index in [1.165, 1.54) is 0 Å². The Labute approximate surface area is 119 Å². The van der Waals surface area contributed by atoms with Crippen LogP contribution in [0.5, 0.6) is 5.75 Å². The minimum absolute atomic E-state index is 0.128. The van der Waals surface area contributed by atoms with Crippen LogP contribution in [0.15, 0.2) is 22.8 Å². The monoisotopic (exact) mass is 324 g/mol. The highest BCUT2D eigenvalue weighted by Crippen LogP contribution is 2.28. The van der Waals surface area contributed by atoms with Gasteiger partial charge >= 0.3 is 5.97 Å². The van der Waals surface area contributed by atoms with E-state index in [0.717, 1.165) is 16.9 Å². The molecule has 1 N–H and O–H groups in total. The molecular formula is C13H13BrN2O3. The number of carboxylic acid groups (broad SMARTS) is 1. The van der Waals surface area contributed by atoms with Gasteiger partial charge in [-0.05, 0) is 46.6 Å². The Bertz CT molecular complexity index is 650. The van der Waals surface area contributed by atoms with E-state index in [-0.39, 0.29) is 5.69 Å². The number of ether oxygens (including phenoxy) is 1. The van der Waals surface area contributed by atoms with Gasteiger partial charge in [-0.15, -0.1) is 0 Å². The van der Waals surface area contributed by atoms with Gasteiger partial charge < -0.3 is 14.4 Å². The molecule has 100 valence electrons. The first-order valence-corrected chi connectivity index (χ1v) is 6.35. The van der Waals surface area contributed by atoms with E-state index in [4.69, 9.17) is 9.84 Å². The summed E-state index contributed by atoms with van der Waals surface area (Å²) in [6.07, 6.45) is 0. The predicted molar refractivity (Wildman–Crippen MR) is 74.6 cm³/mol. The molecule has 0 radical (unpaired) electrons. The number of imidazole rings is 1. The van der Waals surface area contributed by atoms with Gasteiger partial charge in [0.25, 0.3) is 0 Å². The number of halogens is 1. The van der Waals surface area contributed by atoms with Crippen molar-refractivity contribution in [3.05, 3.63) is 34.1 Å². The summed E-state index contributed by atoms with van der Waals surface area (Å²) in [5.41, 5.74) is 1.94. The molecular weight excluding hydrogens is 312 g/mol. The second-order valence-corrected chi connectivity index (χ2v) is 4.87. The second-order valence-electron chi connectivity index (χ2n) is 4.12. The highest BCUT2D eigenvalue weighted by Gasteiger charge is 2.19. The first kappa shape index (κ1) is 13.6. The van der Waals surface area contributed by atoms with Crippen molar-refractivity contribution in [2.24, 2.45) is 7.05 Å². The van der Waals surface area contributed by atoms with Crippen LogP contribution in [-0.4, -0.2) is 27.7 Å². The zero-order valence-corrected chi connectivity index (χ0v) is 12.4. The van der Waals surface area contributed by atoms with E-state index >= 15 is 0 Å². The number of nitrogens with zero attached hydrogens (tertiary/aromatic N) is 2. The van der Waals surface area contributed by atoms with Gasteiger partial charge in [-0.25, -0.2) is 9.78 Å². The summed E-state index contributed by atoms with van der Waals surface area (Å²) in [4.78, 5) is 15.4. The van der Waals surface area contributed by atoms with Crippen LogP contribution in [0, 0.1) is 6.92 Å². The molecule has 1 aromatic carbocycles. The molecule has 0 aliphatic carbocycles. The van der Waals surface area contributed by atoms with Gasteiger partial charge in [-0.2, -0.15) is 0 Å². The third kappa shape index (κ3) is 2.35. The maximum atomic E-state index is 11.1. The topological polar surface area (TPSA) is 64.3 Å². The number of aryl methyl sites for hydroxylation is 1. The van der Waals surface area contributed by atoms with Crippen molar-refractivity contribution in [1.29, 1.82) is 0 Å². The SMILES string of the molecule is COc1ccc(-c2nc(Br)c(C(=O)O)n2C)cc1C. The lowest BCUT2D eigenvalue weighted by atomic mass is 10.1. The van der Waals surface area contributed by atoms with Gasteiger partial charge in [0.2, 0.25) is 0 Å². The molecule has 0 aliphatic rings. The molecule has 5 nitrogen and oxygen atoms in total. The van der Waals surface area contributed by atoms with Gasteiger partial charge in [0.15, 0.2) is 5.69 Å². The van der Waals surface area contributed by atoms with Crippen molar-refractivity contribution >= 4 is 21.9 Å². The van der Waals surface area contributed by atoms with Crippen LogP contribution < -0.4 is 4.74 Å². The molecule has 2 aromatic rings. The molecule has 19 heavy (non-hydrogen) atoms. The second kappa shape index (κ2) is 5.05. The van der Waals surface area contributed by atoms with Crippen molar-refractivity contribution < 1.29 is 14.6 Å². The van der Waals surface area contributed by atoms with Gasteiger partial charge in [-0.3, -0.25) is 0 Å². The average molecular weight is 325 g/mol. The van der Waals surface area contributed by atoms with Crippen LogP contribution in [0.4, 0.5) is 0 Å². The summed E-state index contributed by atoms with van der Waals surface area (Å²) >= 11 is 3.18. The van der Waals surface area contributed by atoms with Crippen molar-refractivity contribution in [2.75, 3.05) is 7.11 Å². The maximum absolute atomic E-state index is 11.1. The number of aromatic carboxylic acids is 1. The normalized spacial score (nSPS) is 10.5. The van der Waals surface area contributed by atoms with Crippen LogP contribution in [0.25, 0.3) is 11.4 Å². The average Bonchev–Trinajstić information content (AvgIpc) is 2.64. The summed E-state index contributed by atoms with van der Waals surface area (Å²) in [6, 6.07) is 5.61. The molecule has 0 atom stereocenters. The molecule has 0 saturated heterocycles. The quantitative estimate of drug-likeness (QED) is 0.942. The van der Waals surface area contributed by atoms with Gasteiger partial charge in [0.1, 0.15) is 16.2 Å². The number of methoxy groups -OCH3 is 1. The van der Waals surface area contributed by atoms with Crippen molar-refractivity contribution in [3.63, 3.8) is 0 Å². The lowest BCUT2D eigenvalue weighted by molar-refractivity contribution is 0.0685. The van der Waals surface area contributed by atoms with Crippen LogP contribution >= 0.6 is 15.9 Å². The van der Waals surface area contributed by atoms with Crippen LogP contribution in [0.2, 0.25) is 0 Å². The van der Waals surface area contributed by atoms with Gasteiger partial charge in [-0.1, -0.05) is 0 Å². The Morgan fingerprint density at radius 2 is 2.16 bits per heavy atom. The fraction of sp³-hybridized carbons (Fsp3) is 0.231. The fourth-order valence-electron chi connectivity index (χ4n) is 1.97. The van der Waals surface area contributed by atoms with E-state index in [1.807, 2.05) is 25.1 Å². The summed E-state index contributed by atoms with van der Waals surface area (Å²) in [5, 5.41) is 9.13. The zero-order chi connectivity index (χ0) is 14.2. The van der Waals surface area contributed by atoms with Crippen molar-refractivity contribution in [2.45, 2.75) is 6.92 Å². The van der Waals surface area contributed by atoms with E-state index < -0.39 is 5.97 Å². The Kier molecular flexibility index (Phi) is 3.61. The molecule has 6 heteroatoms. The molecule has 0 amide bonds. The van der Waals surface area contributed by atoms with Crippen LogP contribution in [-0.2, 0) is 7.05 Å². The highest BCUT2D eigenvalue weighted by atomic mass is 79.9. The van der Waals surface area contributed by atoms with Crippen LogP contribution in [0.1, 0.15) is 16.1 Å². The lowest BCUT2D eigenvalue weighted by Gasteiger charge is -2.07. The summed E-state index contributed by atoms with van der Waals surface area (Å²) in [6.45, 7) is 1.93. The minimum atomic E-state index is -1.02. The molecule has 1 aromatic heterocycles. The number of carboxylic acids is 1. The van der Waals surface area contributed by atoms with Crippen LogP contribution in [0.3, 0.4) is 0 Å². The minimum Gasteiger partial charge on any atom is -0.496 e. The first-order valence-electron chi connectivity index (χ1n) is 5.56. The van der Waals surface area contributed by atoms with E-state index in [1.54, 1.807) is 18.7 Å². The number of carbonyl (C=O) groups is 1. The maximum Gasteiger partial charge on any atom is 0.355 e. The summed E-state index contributed by atoms with van der Waals surface area (Å²) in [7, 11) is 3.29. The van der Waals surface area contributed by atoms with E-state index in [2.05, 4.69) is 20.9 Å². The summed E-state index contributed by atoms with van der Waals surface area (Å²) in [5.74, 6) is 0.365. The van der Waals surface area contributed by atoms with E-state index in [9.17, 15) is 4.79 Å². The number of aromatic nitrogens is 2. The third-order valence-corrected chi connectivity index (χ3v) is 3.46. The predicted octanol–water partition coefficient (Wildman–Crippen LogP) is 2.86. The third-order valence-electron chi connectivity index (χ3n) is 2.91. The first-order chi connectivity index (χ1) is 8.95. The lowest BCUT2D eigenvalue weighted by Crippen LogP contribution is -2.06. The molecule has 0 fully saturated rings. The number of hydrogen-bond acceptors (Lipinski definition) is 3. The van der Waals surface area contributed by atoms with Gasteiger partial charge in [0, 0.05) is 12.6 Å². The molecule has 1 heterocycles. The molecule has 0 unspecified atom stereocenters. The zero-order valence-electron chi connectivity index (χ0n) is 10.8. The Balaban J connectivity index is 2.57. The molecule has 0 spiro atoms. The van der Waals surface area contributed by atoms with E-state index in [0.29, 0.717) is 10.4 Å². The molecule has 2 rings (SSSR count). The van der Waals surface area contributed by atoms with Crippen molar-refractivity contribution in [3.8, 4) is 17.1 Å². The molecule has 0 bridgehead atoms. The van der Waals surface area contributed by atoms with Crippen molar-refractivity contribution in [1.82, 2.24) is 9.55 Å².